The molecule has 4 heteroatoms. The number of thioether (sulfide) groups is 1. The smallest absolute Gasteiger partial charge is 0.163 e. The van der Waals surface area contributed by atoms with E-state index in [9.17, 15) is 8.78 Å². The van der Waals surface area contributed by atoms with Crippen LogP contribution in [0.4, 0.5) is 8.78 Å². The van der Waals surface area contributed by atoms with Crippen LogP contribution < -0.4 is 5.32 Å². The Labute approximate surface area is 111 Å². The van der Waals surface area contributed by atoms with Crippen molar-refractivity contribution in [1.29, 1.82) is 0 Å². The fourth-order valence-electron chi connectivity index (χ4n) is 2.37. The second kappa shape index (κ2) is 6.53. The Morgan fingerprint density at radius 3 is 2.94 bits per heavy atom. The summed E-state index contributed by atoms with van der Waals surface area (Å²) in [5.41, 5.74) is 0.475. The molecule has 0 saturated carbocycles. The summed E-state index contributed by atoms with van der Waals surface area (Å²) in [5, 5.41) is 3.72. The topological polar surface area (TPSA) is 12.0 Å². The maximum atomic E-state index is 13.9. The minimum absolute atomic E-state index is 0.0758. The van der Waals surface area contributed by atoms with Gasteiger partial charge in [0.05, 0.1) is 0 Å². The zero-order valence-electron chi connectivity index (χ0n) is 10.6. The fourth-order valence-corrected chi connectivity index (χ4v) is 3.77. The van der Waals surface area contributed by atoms with E-state index in [0.717, 1.165) is 31.6 Å². The highest BCUT2D eigenvalue weighted by molar-refractivity contribution is 8.00. The van der Waals surface area contributed by atoms with Crippen molar-refractivity contribution >= 4 is 11.8 Å². The molecule has 2 unspecified atom stereocenters. The van der Waals surface area contributed by atoms with Crippen LogP contribution in [0.1, 0.15) is 37.8 Å². The maximum absolute atomic E-state index is 13.9. The van der Waals surface area contributed by atoms with E-state index in [0.29, 0.717) is 10.8 Å². The number of halogens is 2. The van der Waals surface area contributed by atoms with Crippen molar-refractivity contribution in [2.75, 3.05) is 12.3 Å². The molecule has 0 amide bonds. The first-order valence-electron chi connectivity index (χ1n) is 6.53. The number of nitrogens with one attached hydrogen (secondary N) is 1. The van der Waals surface area contributed by atoms with Gasteiger partial charge in [0.25, 0.3) is 0 Å². The highest BCUT2D eigenvalue weighted by Crippen LogP contribution is 2.37. The Kier molecular flexibility index (Phi) is 5.01. The highest BCUT2D eigenvalue weighted by atomic mass is 32.2. The third kappa shape index (κ3) is 3.04. The SMILES string of the molecule is CCCNC(c1cccc(F)c1F)C1CCCS1. The Morgan fingerprint density at radius 1 is 1.44 bits per heavy atom. The van der Waals surface area contributed by atoms with Crippen LogP contribution in [0.15, 0.2) is 18.2 Å². The van der Waals surface area contributed by atoms with Crippen LogP contribution in [-0.2, 0) is 0 Å². The molecule has 0 aliphatic carbocycles. The van der Waals surface area contributed by atoms with Gasteiger partial charge in [-0.2, -0.15) is 11.8 Å². The summed E-state index contributed by atoms with van der Waals surface area (Å²) in [6.07, 6.45) is 3.23. The molecule has 1 fully saturated rings. The van der Waals surface area contributed by atoms with Crippen LogP contribution in [0.25, 0.3) is 0 Å². The second-order valence-electron chi connectivity index (χ2n) is 4.63. The molecule has 0 bridgehead atoms. The average molecular weight is 271 g/mol. The first kappa shape index (κ1) is 13.8. The lowest BCUT2D eigenvalue weighted by Crippen LogP contribution is -2.30. The van der Waals surface area contributed by atoms with E-state index in [-0.39, 0.29) is 6.04 Å². The van der Waals surface area contributed by atoms with Crippen LogP contribution >= 0.6 is 11.8 Å². The molecule has 1 aliphatic rings. The summed E-state index contributed by atoms with van der Waals surface area (Å²) in [6.45, 7) is 2.91. The number of rotatable bonds is 5. The van der Waals surface area contributed by atoms with Gasteiger partial charge in [0, 0.05) is 16.9 Å². The first-order chi connectivity index (χ1) is 8.74. The second-order valence-corrected chi connectivity index (χ2v) is 5.97. The number of hydrogen-bond donors (Lipinski definition) is 1. The van der Waals surface area contributed by atoms with Crippen molar-refractivity contribution in [2.24, 2.45) is 0 Å². The van der Waals surface area contributed by atoms with Gasteiger partial charge < -0.3 is 5.32 Å². The van der Waals surface area contributed by atoms with Gasteiger partial charge in [-0.15, -0.1) is 0 Å². The summed E-state index contributed by atoms with van der Waals surface area (Å²) in [7, 11) is 0. The molecule has 1 aromatic rings. The van der Waals surface area contributed by atoms with E-state index in [4.69, 9.17) is 0 Å². The molecule has 0 spiro atoms. The molecular formula is C14H19F2NS. The summed E-state index contributed by atoms with van der Waals surface area (Å²) < 4.78 is 27.2. The minimum atomic E-state index is -0.751. The van der Waals surface area contributed by atoms with Gasteiger partial charge in [0.1, 0.15) is 0 Å². The summed E-state index contributed by atoms with van der Waals surface area (Å²) in [5.74, 6) is -0.330. The van der Waals surface area contributed by atoms with Gasteiger partial charge in [-0.1, -0.05) is 19.1 Å². The fraction of sp³-hybridized carbons (Fsp3) is 0.571. The highest BCUT2D eigenvalue weighted by Gasteiger charge is 2.29. The molecule has 2 rings (SSSR count). The monoisotopic (exact) mass is 271 g/mol. The lowest BCUT2D eigenvalue weighted by molar-refractivity contribution is 0.449. The van der Waals surface area contributed by atoms with Crippen molar-refractivity contribution in [3.8, 4) is 0 Å². The van der Waals surface area contributed by atoms with Crippen LogP contribution in [0, 0.1) is 11.6 Å². The van der Waals surface area contributed by atoms with E-state index in [1.165, 1.54) is 6.07 Å². The van der Waals surface area contributed by atoms with Gasteiger partial charge >= 0.3 is 0 Å². The lowest BCUT2D eigenvalue weighted by atomic mass is 10.00. The third-order valence-corrected chi connectivity index (χ3v) is 4.73. The summed E-state index contributed by atoms with van der Waals surface area (Å²) in [4.78, 5) is 0. The first-order valence-corrected chi connectivity index (χ1v) is 7.57. The van der Waals surface area contributed by atoms with Crippen LogP contribution in [0.5, 0.6) is 0 Å². The van der Waals surface area contributed by atoms with E-state index in [2.05, 4.69) is 12.2 Å². The molecule has 1 aliphatic heterocycles. The minimum Gasteiger partial charge on any atom is -0.309 e. The number of hydrogen-bond acceptors (Lipinski definition) is 2. The maximum Gasteiger partial charge on any atom is 0.163 e. The Hall–Kier alpha value is -0.610. The predicted molar refractivity (Wildman–Crippen MR) is 72.9 cm³/mol. The van der Waals surface area contributed by atoms with E-state index in [1.807, 2.05) is 11.8 Å². The molecule has 0 aromatic heterocycles. The number of benzene rings is 1. The predicted octanol–water partition coefficient (Wildman–Crippen LogP) is 3.90. The molecule has 2 atom stereocenters. The van der Waals surface area contributed by atoms with Gasteiger partial charge in [-0.3, -0.25) is 0 Å². The van der Waals surface area contributed by atoms with Gasteiger partial charge in [0.15, 0.2) is 11.6 Å². The molecule has 0 radical (unpaired) electrons. The van der Waals surface area contributed by atoms with Gasteiger partial charge in [-0.25, -0.2) is 8.78 Å². The molecular weight excluding hydrogens is 252 g/mol. The quantitative estimate of drug-likeness (QED) is 0.871. The normalized spacial score (nSPS) is 21.2. The molecule has 18 heavy (non-hydrogen) atoms. The van der Waals surface area contributed by atoms with Crippen molar-refractivity contribution in [3.63, 3.8) is 0 Å². The molecule has 1 aromatic carbocycles. The van der Waals surface area contributed by atoms with Crippen LogP contribution in [0.3, 0.4) is 0 Å². The lowest BCUT2D eigenvalue weighted by Gasteiger charge is -2.25. The average Bonchev–Trinajstić information content (AvgIpc) is 2.88. The van der Waals surface area contributed by atoms with Crippen molar-refractivity contribution in [2.45, 2.75) is 37.5 Å². The third-order valence-electron chi connectivity index (χ3n) is 3.27. The Morgan fingerprint density at radius 2 is 2.28 bits per heavy atom. The summed E-state index contributed by atoms with van der Waals surface area (Å²) in [6, 6.07) is 4.39. The molecule has 1 N–H and O–H groups in total. The van der Waals surface area contributed by atoms with Gasteiger partial charge in [-0.05, 0) is 37.6 Å². The van der Waals surface area contributed by atoms with Gasteiger partial charge in [0.2, 0.25) is 0 Å². The molecule has 1 nitrogen and oxygen atoms in total. The van der Waals surface area contributed by atoms with Crippen LogP contribution in [-0.4, -0.2) is 17.5 Å². The van der Waals surface area contributed by atoms with Crippen molar-refractivity contribution in [1.82, 2.24) is 5.32 Å². The van der Waals surface area contributed by atoms with E-state index >= 15 is 0 Å². The van der Waals surface area contributed by atoms with E-state index < -0.39 is 11.6 Å². The summed E-state index contributed by atoms with van der Waals surface area (Å²) >= 11 is 1.86. The largest absolute Gasteiger partial charge is 0.309 e. The molecule has 1 saturated heterocycles. The zero-order chi connectivity index (χ0) is 13.0. The van der Waals surface area contributed by atoms with Crippen molar-refractivity contribution < 1.29 is 8.78 Å². The molecule has 1 heterocycles. The molecule has 100 valence electrons. The standard InChI is InChI=1S/C14H19F2NS/c1-2-8-17-14(12-7-4-9-18-12)10-5-3-6-11(15)13(10)16/h3,5-6,12,14,17H,2,4,7-9H2,1H3. The van der Waals surface area contributed by atoms with E-state index in [1.54, 1.807) is 12.1 Å². The van der Waals surface area contributed by atoms with Crippen LogP contribution in [0.2, 0.25) is 0 Å². The zero-order valence-corrected chi connectivity index (χ0v) is 11.4. The van der Waals surface area contributed by atoms with Crippen molar-refractivity contribution in [3.05, 3.63) is 35.4 Å². The Balaban J connectivity index is 2.23. The Bertz CT molecular complexity index is 391.